The minimum atomic E-state index is -0.948. The molecule has 0 saturated carbocycles. The van der Waals surface area contributed by atoms with Crippen LogP contribution in [0.1, 0.15) is 48.0 Å². The van der Waals surface area contributed by atoms with Crippen LogP contribution in [0.3, 0.4) is 0 Å². The fourth-order valence-corrected chi connectivity index (χ4v) is 4.11. The predicted molar refractivity (Wildman–Crippen MR) is 119 cm³/mol. The number of rotatable bonds is 10. The molecule has 0 radical (unpaired) electrons. The minimum Gasteiger partial charge on any atom is -0.492 e. The van der Waals surface area contributed by atoms with Crippen molar-refractivity contribution >= 4 is 11.8 Å². The van der Waals surface area contributed by atoms with Gasteiger partial charge in [0, 0.05) is 26.6 Å². The van der Waals surface area contributed by atoms with Crippen LogP contribution in [0.25, 0.3) is 0 Å². The molecule has 6 nitrogen and oxygen atoms in total. The van der Waals surface area contributed by atoms with E-state index in [2.05, 4.69) is 4.90 Å². The average molecular weight is 426 g/mol. The Morgan fingerprint density at radius 2 is 1.84 bits per heavy atom. The van der Waals surface area contributed by atoms with Crippen LogP contribution in [-0.2, 0) is 9.53 Å². The van der Waals surface area contributed by atoms with Gasteiger partial charge in [-0.05, 0) is 48.6 Å². The van der Waals surface area contributed by atoms with Crippen LogP contribution in [0.4, 0.5) is 0 Å². The van der Waals surface area contributed by atoms with Crippen LogP contribution in [-0.4, -0.2) is 60.7 Å². The van der Waals surface area contributed by atoms with Gasteiger partial charge in [0.15, 0.2) is 5.78 Å². The molecule has 2 aromatic carbocycles. The number of ether oxygens (including phenoxy) is 2. The Hall–Kier alpha value is -2.70. The summed E-state index contributed by atoms with van der Waals surface area (Å²) in [4.78, 5) is 26.5. The van der Waals surface area contributed by atoms with Crippen LogP contribution in [0.15, 0.2) is 54.6 Å². The Bertz CT molecular complexity index is 852. The number of nitrogens with zero attached hydrogens (tertiary/aromatic N) is 1. The number of carboxylic acid groups (broad SMARTS) is 1. The van der Waals surface area contributed by atoms with Gasteiger partial charge in [-0.2, -0.15) is 0 Å². The number of Topliss-reactive ketones (excluding diaryl/α,β-unsaturated/α-hetero) is 1. The molecule has 6 heteroatoms. The Balaban J connectivity index is 1.60. The van der Waals surface area contributed by atoms with Gasteiger partial charge in [-0.25, -0.2) is 4.79 Å². The van der Waals surface area contributed by atoms with Crippen molar-refractivity contribution in [2.45, 2.75) is 44.2 Å². The second-order valence-electron chi connectivity index (χ2n) is 8.09. The molecule has 3 atom stereocenters. The molecule has 1 aliphatic rings. The molecule has 31 heavy (non-hydrogen) atoms. The number of benzene rings is 2. The number of likely N-dealkylation sites (tertiary alicyclic amines) is 1. The van der Waals surface area contributed by atoms with Gasteiger partial charge in [0.2, 0.25) is 0 Å². The van der Waals surface area contributed by atoms with Crippen molar-refractivity contribution in [3.05, 3.63) is 65.7 Å². The largest absolute Gasteiger partial charge is 0.492 e. The van der Waals surface area contributed by atoms with E-state index in [4.69, 9.17) is 14.6 Å². The zero-order valence-electron chi connectivity index (χ0n) is 18.2. The lowest BCUT2D eigenvalue weighted by molar-refractivity contribution is -0.128. The quantitative estimate of drug-likeness (QED) is 0.620. The fourth-order valence-electron chi connectivity index (χ4n) is 4.11. The van der Waals surface area contributed by atoms with Crippen LogP contribution in [0.2, 0.25) is 0 Å². The zero-order chi connectivity index (χ0) is 22.2. The van der Waals surface area contributed by atoms with E-state index in [1.54, 1.807) is 31.4 Å². The zero-order valence-corrected chi connectivity index (χ0v) is 18.2. The van der Waals surface area contributed by atoms with Crippen molar-refractivity contribution < 1.29 is 24.2 Å². The molecule has 1 fully saturated rings. The highest BCUT2D eigenvalue weighted by Crippen LogP contribution is 2.26. The van der Waals surface area contributed by atoms with E-state index >= 15 is 0 Å². The number of hydrogen-bond donors (Lipinski definition) is 1. The summed E-state index contributed by atoms with van der Waals surface area (Å²) in [6.45, 7) is 4.02. The molecule has 0 unspecified atom stereocenters. The number of aromatic carboxylic acids is 1. The molecule has 2 aromatic rings. The Morgan fingerprint density at radius 1 is 1.13 bits per heavy atom. The molecule has 166 valence electrons. The van der Waals surface area contributed by atoms with E-state index in [1.807, 2.05) is 37.3 Å². The van der Waals surface area contributed by atoms with Crippen LogP contribution >= 0.6 is 0 Å². The number of piperidine rings is 1. The van der Waals surface area contributed by atoms with E-state index in [9.17, 15) is 9.59 Å². The summed E-state index contributed by atoms with van der Waals surface area (Å²) in [5.41, 5.74) is 1.22. The van der Waals surface area contributed by atoms with Gasteiger partial charge in [-0.15, -0.1) is 0 Å². The van der Waals surface area contributed by atoms with Crippen molar-refractivity contribution in [2.24, 2.45) is 0 Å². The Morgan fingerprint density at radius 3 is 2.48 bits per heavy atom. The minimum absolute atomic E-state index is 0.0145. The van der Waals surface area contributed by atoms with Crippen molar-refractivity contribution in [3.8, 4) is 5.75 Å². The van der Waals surface area contributed by atoms with Gasteiger partial charge in [-0.3, -0.25) is 9.69 Å². The summed E-state index contributed by atoms with van der Waals surface area (Å²) in [5.74, 6) is 0.0870. The second kappa shape index (κ2) is 11.1. The van der Waals surface area contributed by atoms with Crippen molar-refractivity contribution in [3.63, 3.8) is 0 Å². The molecule has 0 aliphatic carbocycles. The molecule has 0 amide bonds. The van der Waals surface area contributed by atoms with Gasteiger partial charge >= 0.3 is 5.97 Å². The monoisotopic (exact) mass is 425 g/mol. The third kappa shape index (κ3) is 6.39. The van der Waals surface area contributed by atoms with Gasteiger partial charge in [0.25, 0.3) is 0 Å². The first-order valence-corrected chi connectivity index (χ1v) is 10.8. The fraction of sp³-hybridized carbons (Fsp3) is 0.440. The van der Waals surface area contributed by atoms with Gasteiger partial charge in [-0.1, -0.05) is 37.3 Å². The molecular formula is C25H31NO5. The molecule has 0 bridgehead atoms. The molecule has 1 aliphatic heterocycles. The number of ketones is 1. The van der Waals surface area contributed by atoms with Crippen LogP contribution in [0.5, 0.6) is 5.75 Å². The standard InChI is InChI=1S/C25H31NO5/c1-18(19-8-10-20(11-9-19)25(28)29)16-24(27)23-17-22(30-2)12-13-26(23)14-15-31-21-6-4-3-5-7-21/h3-11,18,22-23H,12-17H2,1-2H3,(H,28,29)/t18-,22+,23-/m1/s1. The first kappa shape index (κ1) is 23.0. The lowest BCUT2D eigenvalue weighted by Gasteiger charge is -2.38. The number of para-hydroxylation sites is 1. The summed E-state index contributed by atoms with van der Waals surface area (Å²) < 4.78 is 11.4. The maximum absolute atomic E-state index is 13.2. The summed E-state index contributed by atoms with van der Waals surface area (Å²) in [6, 6.07) is 16.3. The lowest BCUT2D eigenvalue weighted by atomic mass is 9.88. The molecule has 1 saturated heterocycles. The van der Waals surface area contributed by atoms with E-state index in [0.717, 1.165) is 24.3 Å². The smallest absolute Gasteiger partial charge is 0.335 e. The Kier molecular flexibility index (Phi) is 8.20. The highest BCUT2D eigenvalue weighted by atomic mass is 16.5. The number of carbonyl (C=O) groups is 2. The van der Waals surface area contributed by atoms with E-state index in [0.29, 0.717) is 26.0 Å². The van der Waals surface area contributed by atoms with Gasteiger partial charge in [0.05, 0.1) is 17.7 Å². The predicted octanol–water partition coefficient (Wildman–Crippen LogP) is 4.01. The maximum atomic E-state index is 13.2. The normalized spacial score (nSPS) is 20.2. The second-order valence-corrected chi connectivity index (χ2v) is 8.09. The van der Waals surface area contributed by atoms with Crippen LogP contribution < -0.4 is 4.74 Å². The topological polar surface area (TPSA) is 76.1 Å². The molecule has 1 heterocycles. The Labute approximate surface area is 183 Å². The SMILES string of the molecule is CO[C@H]1CCN(CCOc2ccccc2)[C@@H](C(=O)C[C@@H](C)c2ccc(C(=O)O)cc2)C1. The van der Waals surface area contributed by atoms with Crippen molar-refractivity contribution in [2.75, 3.05) is 26.8 Å². The summed E-state index contributed by atoms with van der Waals surface area (Å²) in [7, 11) is 1.70. The van der Waals surface area contributed by atoms with Crippen molar-refractivity contribution in [1.29, 1.82) is 0 Å². The summed E-state index contributed by atoms with van der Waals surface area (Å²) >= 11 is 0. The molecule has 0 aromatic heterocycles. The highest BCUT2D eigenvalue weighted by Gasteiger charge is 2.33. The number of hydrogen-bond acceptors (Lipinski definition) is 5. The first-order valence-electron chi connectivity index (χ1n) is 10.8. The van der Waals surface area contributed by atoms with Crippen molar-refractivity contribution in [1.82, 2.24) is 4.90 Å². The maximum Gasteiger partial charge on any atom is 0.335 e. The van der Waals surface area contributed by atoms with E-state index in [1.165, 1.54) is 0 Å². The van der Waals surface area contributed by atoms with E-state index < -0.39 is 5.97 Å². The van der Waals surface area contributed by atoms with Gasteiger partial charge in [0.1, 0.15) is 12.4 Å². The number of carboxylic acids is 1. The van der Waals surface area contributed by atoms with E-state index in [-0.39, 0.29) is 29.4 Å². The van der Waals surface area contributed by atoms with Crippen LogP contribution in [0, 0.1) is 0 Å². The van der Waals surface area contributed by atoms with Gasteiger partial charge < -0.3 is 14.6 Å². The third-order valence-corrected chi connectivity index (χ3v) is 5.99. The third-order valence-electron chi connectivity index (χ3n) is 5.99. The molecule has 3 rings (SSSR count). The summed E-state index contributed by atoms with van der Waals surface area (Å²) in [5, 5.41) is 9.07. The number of carbonyl (C=O) groups excluding carboxylic acids is 1. The first-order chi connectivity index (χ1) is 15.0. The molecule has 1 N–H and O–H groups in total. The molecular weight excluding hydrogens is 394 g/mol. The lowest BCUT2D eigenvalue weighted by Crippen LogP contribution is -2.50. The molecule has 0 spiro atoms. The number of methoxy groups -OCH3 is 1. The average Bonchev–Trinajstić information content (AvgIpc) is 2.80. The highest BCUT2D eigenvalue weighted by molar-refractivity contribution is 5.87. The summed E-state index contributed by atoms with van der Waals surface area (Å²) in [6.07, 6.45) is 2.08.